The number of ketones is 2. The van der Waals surface area contributed by atoms with Crippen LogP contribution in [0.25, 0.3) is 0 Å². The molecule has 0 heterocycles. The minimum Gasteiger partial charge on any atom is -0.299 e. The van der Waals surface area contributed by atoms with E-state index in [1.165, 1.54) is 0 Å². The van der Waals surface area contributed by atoms with Gasteiger partial charge in [-0.1, -0.05) is 54.6 Å². The Morgan fingerprint density at radius 2 is 1.88 bits per heavy atom. The molecule has 2 heteroatoms. The summed E-state index contributed by atoms with van der Waals surface area (Å²) in [7, 11) is 0. The van der Waals surface area contributed by atoms with Gasteiger partial charge in [0.25, 0.3) is 0 Å². The van der Waals surface area contributed by atoms with Gasteiger partial charge in [-0.05, 0) is 6.42 Å². The van der Waals surface area contributed by atoms with Gasteiger partial charge in [-0.3, -0.25) is 9.59 Å². The monoisotopic (exact) mass is 226 g/mol. The number of hydrogen-bond acceptors (Lipinski definition) is 2. The number of hydrogen-bond donors (Lipinski definition) is 0. The molecular formula is C15H14O2. The summed E-state index contributed by atoms with van der Waals surface area (Å²) >= 11 is 0. The summed E-state index contributed by atoms with van der Waals surface area (Å²) in [4.78, 5) is 23.7. The topological polar surface area (TPSA) is 34.1 Å². The van der Waals surface area contributed by atoms with Crippen molar-refractivity contribution < 1.29 is 9.59 Å². The fourth-order valence-corrected chi connectivity index (χ4v) is 1.83. The first-order valence-corrected chi connectivity index (χ1v) is 5.71. The van der Waals surface area contributed by atoms with Gasteiger partial charge < -0.3 is 0 Å². The van der Waals surface area contributed by atoms with Crippen LogP contribution in [0.15, 0.2) is 54.6 Å². The van der Waals surface area contributed by atoms with Gasteiger partial charge in [0.1, 0.15) is 5.78 Å². The van der Waals surface area contributed by atoms with Crippen LogP contribution >= 0.6 is 0 Å². The maximum absolute atomic E-state index is 11.9. The van der Waals surface area contributed by atoms with Crippen LogP contribution in [-0.4, -0.2) is 11.6 Å². The average molecular weight is 226 g/mol. The molecule has 2 nitrogen and oxygen atoms in total. The molecule has 0 aromatic heterocycles. The van der Waals surface area contributed by atoms with Crippen LogP contribution in [0.2, 0.25) is 0 Å². The molecule has 0 bridgehead atoms. The third kappa shape index (κ3) is 3.00. The lowest BCUT2D eigenvalue weighted by Gasteiger charge is -2.10. The van der Waals surface area contributed by atoms with Crippen molar-refractivity contribution >= 4 is 11.6 Å². The molecular weight excluding hydrogens is 212 g/mol. The van der Waals surface area contributed by atoms with Crippen molar-refractivity contribution in [3.05, 3.63) is 60.2 Å². The van der Waals surface area contributed by atoms with Crippen molar-refractivity contribution in [3.8, 4) is 0 Å². The third-order valence-corrected chi connectivity index (χ3v) is 2.82. The minimum absolute atomic E-state index is 0.000506. The van der Waals surface area contributed by atoms with Gasteiger partial charge in [-0.2, -0.15) is 0 Å². The molecule has 0 saturated carbocycles. The van der Waals surface area contributed by atoms with Crippen molar-refractivity contribution in [2.45, 2.75) is 12.8 Å². The molecule has 1 unspecified atom stereocenters. The number of rotatable bonds is 4. The highest BCUT2D eigenvalue weighted by Gasteiger charge is 2.19. The fraction of sp³-hybridized carbons (Fsp3) is 0.200. The molecule has 1 aromatic rings. The Hall–Kier alpha value is -1.96. The second-order valence-corrected chi connectivity index (χ2v) is 4.09. The lowest BCUT2D eigenvalue weighted by atomic mass is 9.92. The first-order chi connectivity index (χ1) is 8.27. The van der Waals surface area contributed by atoms with Crippen LogP contribution in [0.5, 0.6) is 0 Å². The van der Waals surface area contributed by atoms with Gasteiger partial charge in [-0.15, -0.1) is 0 Å². The Bertz CT molecular complexity index is 469. The number of Topliss-reactive ketones (excluding diaryl/α,β-unsaturated/α-hetero) is 2. The van der Waals surface area contributed by atoms with Crippen molar-refractivity contribution in [3.63, 3.8) is 0 Å². The van der Waals surface area contributed by atoms with E-state index in [0.717, 1.165) is 0 Å². The number of carbonyl (C=O) groups is 2. The Morgan fingerprint density at radius 3 is 2.53 bits per heavy atom. The standard InChI is InChI=1S/C15H14O2/c16-14(12-7-3-1-4-8-12)11-15(17)13-9-5-2-6-10-13/h1-9,13H,10-11H2. The van der Waals surface area contributed by atoms with Gasteiger partial charge >= 0.3 is 0 Å². The zero-order valence-electron chi connectivity index (χ0n) is 9.50. The Labute approximate surface area is 101 Å². The van der Waals surface area contributed by atoms with E-state index in [1.807, 2.05) is 30.4 Å². The lowest BCUT2D eigenvalue weighted by Crippen LogP contribution is -2.17. The van der Waals surface area contributed by atoms with E-state index in [2.05, 4.69) is 0 Å². The Balaban J connectivity index is 1.97. The zero-order valence-corrected chi connectivity index (χ0v) is 9.50. The molecule has 0 spiro atoms. The molecule has 17 heavy (non-hydrogen) atoms. The normalized spacial score (nSPS) is 18.0. The van der Waals surface area contributed by atoms with Crippen molar-refractivity contribution in [2.24, 2.45) is 5.92 Å². The van der Waals surface area contributed by atoms with E-state index in [1.54, 1.807) is 24.3 Å². The molecule has 2 rings (SSSR count). The largest absolute Gasteiger partial charge is 0.299 e. The number of allylic oxidation sites excluding steroid dienone is 4. The second kappa shape index (κ2) is 5.39. The van der Waals surface area contributed by atoms with Gasteiger partial charge in [-0.25, -0.2) is 0 Å². The molecule has 1 aliphatic carbocycles. The SMILES string of the molecule is O=C(CC(=O)C1C=CC=CC1)c1ccccc1. The second-order valence-electron chi connectivity index (χ2n) is 4.09. The molecule has 0 amide bonds. The summed E-state index contributed by atoms with van der Waals surface area (Å²) in [6.07, 6.45) is 8.29. The molecule has 1 atom stereocenters. The highest BCUT2D eigenvalue weighted by Crippen LogP contribution is 2.15. The molecule has 0 saturated heterocycles. The van der Waals surface area contributed by atoms with Crippen molar-refractivity contribution in [2.75, 3.05) is 0 Å². The quantitative estimate of drug-likeness (QED) is 0.584. The Kier molecular flexibility index (Phi) is 3.66. The summed E-state index contributed by atoms with van der Waals surface area (Å²) in [6.45, 7) is 0. The van der Waals surface area contributed by atoms with Crippen molar-refractivity contribution in [1.82, 2.24) is 0 Å². The van der Waals surface area contributed by atoms with Crippen LogP contribution in [0.3, 0.4) is 0 Å². The minimum atomic E-state index is -0.132. The highest BCUT2D eigenvalue weighted by molar-refractivity contribution is 6.08. The van der Waals surface area contributed by atoms with E-state index in [-0.39, 0.29) is 23.9 Å². The first-order valence-electron chi connectivity index (χ1n) is 5.71. The summed E-state index contributed by atoms with van der Waals surface area (Å²) in [5, 5.41) is 0. The number of benzene rings is 1. The fourth-order valence-electron chi connectivity index (χ4n) is 1.83. The van der Waals surface area contributed by atoms with Crippen molar-refractivity contribution in [1.29, 1.82) is 0 Å². The highest BCUT2D eigenvalue weighted by atomic mass is 16.1. The smallest absolute Gasteiger partial charge is 0.170 e. The summed E-state index contributed by atoms with van der Waals surface area (Å²) < 4.78 is 0. The van der Waals surface area contributed by atoms with Crippen LogP contribution in [0.1, 0.15) is 23.2 Å². The molecule has 86 valence electrons. The van der Waals surface area contributed by atoms with Crippen LogP contribution in [0.4, 0.5) is 0 Å². The molecule has 0 fully saturated rings. The molecule has 1 aliphatic rings. The summed E-state index contributed by atoms with van der Waals surface area (Å²) in [5.74, 6) is -0.231. The van der Waals surface area contributed by atoms with Gasteiger partial charge in [0.05, 0.1) is 6.42 Å². The van der Waals surface area contributed by atoms with Gasteiger partial charge in [0, 0.05) is 11.5 Å². The predicted molar refractivity (Wildman–Crippen MR) is 66.8 cm³/mol. The van der Waals surface area contributed by atoms with E-state index in [0.29, 0.717) is 12.0 Å². The van der Waals surface area contributed by atoms with Crippen LogP contribution in [0, 0.1) is 5.92 Å². The van der Waals surface area contributed by atoms with E-state index in [9.17, 15) is 9.59 Å². The van der Waals surface area contributed by atoms with Gasteiger partial charge in [0.2, 0.25) is 0 Å². The first kappa shape index (κ1) is 11.5. The summed E-state index contributed by atoms with van der Waals surface area (Å²) in [5.41, 5.74) is 0.608. The van der Waals surface area contributed by atoms with Gasteiger partial charge in [0.15, 0.2) is 5.78 Å². The zero-order chi connectivity index (χ0) is 12.1. The van der Waals surface area contributed by atoms with Crippen LogP contribution in [-0.2, 0) is 4.79 Å². The maximum atomic E-state index is 11.9. The van der Waals surface area contributed by atoms with Crippen LogP contribution < -0.4 is 0 Å². The average Bonchev–Trinajstić information content (AvgIpc) is 2.40. The maximum Gasteiger partial charge on any atom is 0.170 e. The Morgan fingerprint density at radius 1 is 1.12 bits per heavy atom. The number of carbonyl (C=O) groups excluding carboxylic acids is 2. The van der Waals surface area contributed by atoms with E-state index >= 15 is 0 Å². The predicted octanol–water partition coefficient (Wildman–Crippen LogP) is 2.96. The van der Waals surface area contributed by atoms with E-state index < -0.39 is 0 Å². The lowest BCUT2D eigenvalue weighted by molar-refractivity contribution is -0.120. The third-order valence-electron chi connectivity index (χ3n) is 2.82. The van der Waals surface area contributed by atoms with E-state index in [4.69, 9.17) is 0 Å². The molecule has 0 radical (unpaired) electrons. The summed E-state index contributed by atoms with van der Waals surface area (Å²) in [6, 6.07) is 8.95. The molecule has 0 N–H and O–H groups in total. The molecule has 0 aliphatic heterocycles. The molecule has 1 aromatic carbocycles.